The molecule has 0 aliphatic rings. The lowest BCUT2D eigenvalue weighted by molar-refractivity contribution is 0.0955. The predicted molar refractivity (Wildman–Crippen MR) is 130 cm³/mol. The van der Waals surface area contributed by atoms with Crippen LogP contribution >= 0.6 is 0 Å². The monoisotopic (exact) mass is 463 g/mol. The van der Waals surface area contributed by atoms with Gasteiger partial charge in [0.05, 0.1) is 28.0 Å². The van der Waals surface area contributed by atoms with Crippen molar-refractivity contribution >= 4 is 32.7 Å². The molecule has 4 aromatic rings. The Kier molecular flexibility index (Phi) is 6.41. The number of carbonyl (C=O) groups excluding carboxylic acids is 1. The summed E-state index contributed by atoms with van der Waals surface area (Å²) in [5, 5.41) is 2.92. The zero-order chi connectivity index (χ0) is 23.4. The van der Waals surface area contributed by atoms with Crippen molar-refractivity contribution in [3.8, 4) is 11.4 Å². The molecule has 2 aromatic heterocycles. The van der Waals surface area contributed by atoms with Crippen LogP contribution in [0.15, 0.2) is 66.9 Å². The van der Waals surface area contributed by atoms with Gasteiger partial charge in [-0.1, -0.05) is 36.4 Å². The predicted octanol–water partition coefficient (Wildman–Crippen LogP) is 3.37. The molecule has 33 heavy (non-hydrogen) atoms. The summed E-state index contributed by atoms with van der Waals surface area (Å²) in [5.41, 5.74) is 3.58. The summed E-state index contributed by atoms with van der Waals surface area (Å²) < 4.78 is 28.7. The molecule has 0 aliphatic carbocycles. The topological polar surface area (TPSA) is 106 Å². The van der Waals surface area contributed by atoms with Crippen LogP contribution in [-0.4, -0.2) is 41.2 Å². The molecule has 1 amide bonds. The number of hydrogen-bond acceptors (Lipinski definition) is 5. The van der Waals surface area contributed by atoms with Gasteiger partial charge in [-0.3, -0.25) is 14.5 Å². The number of benzene rings is 2. The lowest BCUT2D eigenvalue weighted by Crippen LogP contribution is -2.26. The Morgan fingerprint density at radius 2 is 1.82 bits per heavy atom. The Labute approximate surface area is 192 Å². The van der Waals surface area contributed by atoms with Crippen molar-refractivity contribution < 1.29 is 13.2 Å². The standard InChI is InChI=1S/C24H25N5O3S/c1-3-33(31,32)28-19-15-20(24(30)26-14-12-18-11-7-8-13-25-18)22-21(16-19)27-23(29(22)2)17-9-5-4-6-10-17/h4-11,13,15-16,28H,3,12,14H2,1-2H3,(H,26,30). The Bertz CT molecular complexity index is 1380. The second-order valence-electron chi connectivity index (χ2n) is 7.58. The summed E-state index contributed by atoms with van der Waals surface area (Å²) in [6, 6.07) is 18.5. The molecule has 0 atom stereocenters. The van der Waals surface area contributed by atoms with Crippen LogP contribution in [0.4, 0.5) is 5.69 Å². The number of nitrogens with one attached hydrogen (secondary N) is 2. The van der Waals surface area contributed by atoms with Crippen molar-refractivity contribution in [3.63, 3.8) is 0 Å². The minimum Gasteiger partial charge on any atom is -0.352 e. The fourth-order valence-electron chi connectivity index (χ4n) is 3.63. The van der Waals surface area contributed by atoms with Crippen molar-refractivity contribution in [3.05, 3.63) is 78.1 Å². The lowest BCUT2D eigenvalue weighted by atomic mass is 10.1. The van der Waals surface area contributed by atoms with Crippen LogP contribution < -0.4 is 10.0 Å². The zero-order valence-electron chi connectivity index (χ0n) is 18.4. The number of amides is 1. The minimum atomic E-state index is -3.52. The van der Waals surface area contributed by atoms with Crippen LogP contribution in [0.1, 0.15) is 23.0 Å². The normalized spacial score (nSPS) is 11.5. The van der Waals surface area contributed by atoms with Crippen molar-refractivity contribution in [2.24, 2.45) is 7.05 Å². The first kappa shape index (κ1) is 22.5. The number of aromatic nitrogens is 3. The number of imidazole rings is 1. The SMILES string of the molecule is CCS(=O)(=O)Nc1cc(C(=O)NCCc2ccccn2)c2c(c1)nc(-c1ccccc1)n2C. The molecule has 0 unspecified atom stereocenters. The van der Waals surface area contributed by atoms with Crippen LogP contribution in [0.25, 0.3) is 22.4 Å². The Morgan fingerprint density at radius 3 is 2.52 bits per heavy atom. The average molecular weight is 464 g/mol. The van der Waals surface area contributed by atoms with E-state index < -0.39 is 10.0 Å². The molecule has 0 fully saturated rings. The number of carbonyl (C=O) groups is 1. The molecular formula is C24H25N5O3S. The Balaban J connectivity index is 1.73. The van der Waals surface area contributed by atoms with Crippen molar-refractivity contribution in [2.75, 3.05) is 17.0 Å². The van der Waals surface area contributed by atoms with Gasteiger partial charge in [0.2, 0.25) is 10.0 Å². The van der Waals surface area contributed by atoms with E-state index in [0.717, 1.165) is 11.3 Å². The third-order valence-electron chi connectivity index (χ3n) is 5.29. The van der Waals surface area contributed by atoms with Crippen LogP contribution in [-0.2, 0) is 23.5 Å². The van der Waals surface area contributed by atoms with Gasteiger partial charge in [0.15, 0.2) is 0 Å². The molecule has 8 nitrogen and oxygen atoms in total. The number of aryl methyl sites for hydroxylation is 1. The van der Waals surface area contributed by atoms with Crippen molar-refractivity contribution in [1.82, 2.24) is 19.9 Å². The van der Waals surface area contributed by atoms with E-state index in [2.05, 4.69) is 15.0 Å². The van der Waals surface area contributed by atoms with E-state index in [9.17, 15) is 13.2 Å². The largest absolute Gasteiger partial charge is 0.352 e. The van der Waals surface area contributed by atoms with Gasteiger partial charge in [-0.15, -0.1) is 0 Å². The van der Waals surface area contributed by atoms with Gasteiger partial charge in [0.1, 0.15) is 5.82 Å². The third-order valence-corrected chi connectivity index (χ3v) is 6.60. The van der Waals surface area contributed by atoms with E-state index in [1.54, 1.807) is 25.3 Å². The molecule has 2 heterocycles. The second-order valence-corrected chi connectivity index (χ2v) is 9.60. The minimum absolute atomic E-state index is 0.0753. The summed E-state index contributed by atoms with van der Waals surface area (Å²) >= 11 is 0. The van der Waals surface area contributed by atoms with Gasteiger partial charge < -0.3 is 9.88 Å². The van der Waals surface area contributed by atoms with E-state index in [1.807, 2.05) is 60.1 Å². The fourth-order valence-corrected chi connectivity index (χ4v) is 4.25. The lowest BCUT2D eigenvalue weighted by Gasteiger charge is -2.11. The number of rotatable bonds is 8. The first-order valence-electron chi connectivity index (χ1n) is 10.6. The van der Waals surface area contributed by atoms with Gasteiger partial charge in [0.25, 0.3) is 5.91 Å². The summed E-state index contributed by atoms with van der Waals surface area (Å²) in [4.78, 5) is 22.2. The maximum atomic E-state index is 13.2. The summed E-state index contributed by atoms with van der Waals surface area (Å²) in [6.45, 7) is 1.95. The fraction of sp³-hybridized carbons (Fsp3) is 0.208. The molecule has 9 heteroatoms. The van der Waals surface area contributed by atoms with E-state index in [0.29, 0.717) is 41.1 Å². The van der Waals surface area contributed by atoms with Crippen LogP contribution in [0, 0.1) is 0 Å². The highest BCUT2D eigenvalue weighted by atomic mass is 32.2. The quantitative estimate of drug-likeness (QED) is 0.417. The Morgan fingerprint density at radius 1 is 1.06 bits per heavy atom. The van der Waals surface area contributed by atoms with Crippen molar-refractivity contribution in [1.29, 1.82) is 0 Å². The molecule has 2 aromatic carbocycles. The van der Waals surface area contributed by atoms with Crippen LogP contribution in [0.5, 0.6) is 0 Å². The summed E-state index contributed by atoms with van der Waals surface area (Å²) in [5.74, 6) is 0.299. The van der Waals surface area contributed by atoms with Gasteiger partial charge >= 0.3 is 0 Å². The maximum absolute atomic E-state index is 13.2. The number of nitrogens with zero attached hydrogens (tertiary/aromatic N) is 3. The number of hydrogen-bond donors (Lipinski definition) is 2. The highest BCUT2D eigenvalue weighted by Gasteiger charge is 2.20. The Hall–Kier alpha value is -3.72. The van der Waals surface area contributed by atoms with E-state index >= 15 is 0 Å². The molecule has 0 bridgehead atoms. The zero-order valence-corrected chi connectivity index (χ0v) is 19.3. The highest BCUT2D eigenvalue weighted by Crippen LogP contribution is 2.29. The molecule has 0 saturated carbocycles. The molecule has 2 N–H and O–H groups in total. The van der Waals surface area contributed by atoms with Crippen LogP contribution in [0.2, 0.25) is 0 Å². The van der Waals surface area contributed by atoms with Crippen LogP contribution in [0.3, 0.4) is 0 Å². The molecule has 4 rings (SSSR count). The van der Waals surface area contributed by atoms with Gasteiger partial charge in [-0.25, -0.2) is 13.4 Å². The highest BCUT2D eigenvalue weighted by molar-refractivity contribution is 7.92. The number of anilines is 1. The smallest absolute Gasteiger partial charge is 0.253 e. The number of sulfonamides is 1. The van der Waals surface area contributed by atoms with Gasteiger partial charge in [0, 0.05) is 37.5 Å². The molecule has 170 valence electrons. The first-order valence-corrected chi connectivity index (χ1v) is 12.3. The first-order chi connectivity index (χ1) is 15.9. The average Bonchev–Trinajstić information content (AvgIpc) is 3.15. The maximum Gasteiger partial charge on any atom is 0.253 e. The van der Waals surface area contributed by atoms with Gasteiger partial charge in [-0.05, 0) is 31.2 Å². The number of fused-ring (bicyclic) bond motifs is 1. The molecule has 0 saturated heterocycles. The van der Waals surface area contributed by atoms with Crippen molar-refractivity contribution in [2.45, 2.75) is 13.3 Å². The molecular weight excluding hydrogens is 438 g/mol. The molecule has 0 aliphatic heterocycles. The molecule has 0 spiro atoms. The van der Waals surface area contributed by atoms with E-state index in [-0.39, 0.29) is 11.7 Å². The summed E-state index contributed by atoms with van der Waals surface area (Å²) in [6.07, 6.45) is 2.29. The van der Waals surface area contributed by atoms with E-state index in [1.165, 1.54) is 0 Å². The van der Waals surface area contributed by atoms with E-state index in [4.69, 9.17) is 4.98 Å². The second kappa shape index (κ2) is 9.41. The van der Waals surface area contributed by atoms with Gasteiger partial charge in [-0.2, -0.15) is 0 Å². The number of pyridine rings is 1. The summed E-state index contributed by atoms with van der Waals surface area (Å²) in [7, 11) is -1.67. The third kappa shape index (κ3) is 5.04. The molecule has 0 radical (unpaired) electrons.